The number of thiophene rings is 1. The summed E-state index contributed by atoms with van der Waals surface area (Å²) in [5, 5.41) is 0.0999. The highest BCUT2D eigenvalue weighted by Crippen LogP contribution is 2.51. The van der Waals surface area contributed by atoms with Gasteiger partial charge in [0.25, 0.3) is 19.9 Å². The number of benzene rings is 2. The molecule has 0 spiro atoms. The molecule has 0 saturated carbocycles. The van der Waals surface area contributed by atoms with Crippen LogP contribution in [0.2, 0.25) is 0 Å². The summed E-state index contributed by atoms with van der Waals surface area (Å²) in [6.07, 6.45) is 0. The molecule has 2 aromatic carbocycles. The normalized spacial score (nSPS) is 14.1. The number of aryl methyl sites for hydroxylation is 1. The van der Waals surface area contributed by atoms with Crippen molar-refractivity contribution in [1.82, 2.24) is 4.72 Å². The number of halogens is 5. The van der Waals surface area contributed by atoms with Crippen LogP contribution in [0.1, 0.15) is 16.9 Å². The molecule has 0 aliphatic heterocycles. The minimum absolute atomic E-state index is 0.0307. The molecule has 1 atom stereocenters. The van der Waals surface area contributed by atoms with Crippen LogP contribution in [-0.4, -0.2) is 45.3 Å². The van der Waals surface area contributed by atoms with E-state index in [2.05, 4.69) is 0 Å². The van der Waals surface area contributed by atoms with Crippen molar-refractivity contribution in [3.8, 4) is 5.75 Å². The fourth-order valence-corrected chi connectivity index (χ4v) is 8.44. The van der Waals surface area contributed by atoms with Gasteiger partial charge in [-0.05, 0) is 36.2 Å². The van der Waals surface area contributed by atoms with Crippen LogP contribution in [0.4, 0.5) is 22.0 Å². The van der Waals surface area contributed by atoms with E-state index in [1.165, 1.54) is 13.0 Å². The molecule has 0 fully saturated rings. The number of nitrogens with one attached hydrogen (secondary N) is 1. The molecule has 0 bridgehead atoms. The maximum atomic E-state index is 14.6. The Hall–Kier alpha value is -2.18. The summed E-state index contributed by atoms with van der Waals surface area (Å²) in [4.78, 5) is 17.7. The maximum Gasteiger partial charge on any atom is 0.502 e. The third-order valence-electron chi connectivity index (χ3n) is 5.02. The minimum Gasteiger partial charge on any atom is -0.492 e. The number of nitrogens with two attached hydrogens (primary N) is 1. The van der Waals surface area contributed by atoms with Gasteiger partial charge in [-0.3, -0.25) is 4.57 Å². The molecule has 19 heteroatoms. The van der Waals surface area contributed by atoms with Crippen LogP contribution in [0, 0.1) is 18.6 Å². The number of fused-ring (bicyclic) bond motifs is 1. The van der Waals surface area contributed by atoms with E-state index in [1.807, 2.05) is 0 Å². The first kappa shape index (κ1) is 30.4. The van der Waals surface area contributed by atoms with Crippen molar-refractivity contribution in [1.29, 1.82) is 0 Å². The van der Waals surface area contributed by atoms with Crippen molar-refractivity contribution in [2.24, 2.45) is 5.73 Å². The first-order chi connectivity index (χ1) is 17.3. The SMILES string of the molecule is Cc1c(S(=O)(=O)NC(c2ccc(S(=O)(=O)C(F)(F)F)c(F)c2)P(=O)(O)O)sc2c(F)cc(OCCN)cc12. The van der Waals surface area contributed by atoms with E-state index in [0.717, 1.165) is 6.07 Å². The van der Waals surface area contributed by atoms with Crippen molar-refractivity contribution in [3.05, 3.63) is 53.1 Å². The standard InChI is InChI=1S/C19H18F5N2O8PS3/c1-9-12-7-11(34-5-4-25)8-14(21)16(12)36-18(9)38(32,33)26-17(35(27,28)29)10-2-3-15(13(20)6-10)37(30,31)19(22,23)24/h2-3,6-8,17,26H,4-5,25H2,1H3,(H2,27,28,29). The molecule has 0 radical (unpaired) electrons. The predicted molar refractivity (Wildman–Crippen MR) is 126 cm³/mol. The summed E-state index contributed by atoms with van der Waals surface area (Å²) in [6.45, 7) is 1.42. The Morgan fingerprint density at radius 2 is 1.74 bits per heavy atom. The summed E-state index contributed by atoms with van der Waals surface area (Å²) < 4.78 is 135. The Morgan fingerprint density at radius 1 is 1.11 bits per heavy atom. The molecule has 0 amide bonds. The highest BCUT2D eigenvalue weighted by atomic mass is 32.2. The number of rotatable bonds is 9. The molecule has 3 rings (SSSR count). The minimum atomic E-state index is -6.16. The first-order valence-electron chi connectivity index (χ1n) is 10.0. The van der Waals surface area contributed by atoms with E-state index in [1.54, 1.807) is 4.72 Å². The molecule has 0 aliphatic carbocycles. The van der Waals surface area contributed by atoms with Gasteiger partial charge in [0.05, 0.1) is 4.70 Å². The third-order valence-corrected chi connectivity index (χ3v) is 11.2. The lowest BCUT2D eigenvalue weighted by atomic mass is 10.2. The zero-order chi connectivity index (χ0) is 28.8. The Bertz CT molecular complexity index is 1650. The highest BCUT2D eigenvalue weighted by Gasteiger charge is 2.48. The van der Waals surface area contributed by atoms with Gasteiger partial charge in [-0.2, -0.15) is 17.9 Å². The topological polar surface area (TPSA) is 173 Å². The number of alkyl halides is 3. The summed E-state index contributed by atoms with van der Waals surface area (Å²) in [5.41, 5.74) is -1.44. The number of ether oxygens (including phenoxy) is 1. The third kappa shape index (κ3) is 5.86. The van der Waals surface area contributed by atoms with Gasteiger partial charge in [0.15, 0.2) is 0 Å². The van der Waals surface area contributed by atoms with Gasteiger partial charge in [-0.1, -0.05) is 6.07 Å². The lowest BCUT2D eigenvalue weighted by molar-refractivity contribution is -0.0437. The Labute approximate surface area is 216 Å². The summed E-state index contributed by atoms with van der Waals surface area (Å²) in [5.74, 6) is -5.39. The molecule has 38 heavy (non-hydrogen) atoms. The molecule has 1 unspecified atom stereocenters. The van der Waals surface area contributed by atoms with E-state index >= 15 is 0 Å². The van der Waals surface area contributed by atoms with E-state index in [4.69, 9.17) is 10.5 Å². The van der Waals surface area contributed by atoms with Crippen LogP contribution in [0.3, 0.4) is 0 Å². The van der Waals surface area contributed by atoms with Gasteiger partial charge >= 0.3 is 13.1 Å². The fourth-order valence-electron chi connectivity index (χ4n) is 3.31. The number of sulfonamides is 1. The average Bonchev–Trinajstić information content (AvgIpc) is 3.12. The molecule has 1 aromatic heterocycles. The molecule has 0 saturated heterocycles. The van der Waals surface area contributed by atoms with Gasteiger partial charge < -0.3 is 20.3 Å². The Kier molecular flexibility index (Phi) is 8.33. The Balaban J connectivity index is 2.08. The van der Waals surface area contributed by atoms with Crippen molar-refractivity contribution in [3.63, 3.8) is 0 Å². The van der Waals surface area contributed by atoms with E-state index < -0.39 is 65.1 Å². The molecule has 5 N–H and O–H groups in total. The van der Waals surface area contributed by atoms with Gasteiger partial charge in [-0.15, -0.1) is 11.3 Å². The largest absolute Gasteiger partial charge is 0.502 e. The van der Waals surface area contributed by atoms with E-state index in [-0.39, 0.29) is 46.7 Å². The highest BCUT2D eigenvalue weighted by molar-refractivity contribution is 7.92. The van der Waals surface area contributed by atoms with Gasteiger partial charge in [-0.25, -0.2) is 25.6 Å². The van der Waals surface area contributed by atoms with Crippen molar-refractivity contribution >= 4 is 48.9 Å². The van der Waals surface area contributed by atoms with Crippen LogP contribution in [0.5, 0.6) is 5.75 Å². The Morgan fingerprint density at radius 3 is 2.26 bits per heavy atom. The smallest absolute Gasteiger partial charge is 0.492 e. The summed E-state index contributed by atoms with van der Waals surface area (Å²) in [6, 6.07) is 2.90. The van der Waals surface area contributed by atoms with Crippen LogP contribution in [-0.2, 0) is 24.4 Å². The van der Waals surface area contributed by atoms with Gasteiger partial charge in [0.2, 0.25) is 0 Å². The van der Waals surface area contributed by atoms with E-state index in [9.17, 15) is 53.1 Å². The molecule has 0 aliphatic rings. The van der Waals surface area contributed by atoms with Crippen molar-refractivity contribution in [2.45, 2.75) is 27.3 Å². The van der Waals surface area contributed by atoms with Gasteiger partial charge in [0.1, 0.15) is 38.9 Å². The van der Waals surface area contributed by atoms with Crippen molar-refractivity contribution < 1.29 is 57.9 Å². The molecule has 1 heterocycles. The lowest BCUT2D eigenvalue weighted by Gasteiger charge is -2.21. The predicted octanol–water partition coefficient (Wildman–Crippen LogP) is 3.27. The quantitative estimate of drug-likeness (QED) is 0.206. The number of hydrogen-bond acceptors (Lipinski definition) is 8. The van der Waals surface area contributed by atoms with E-state index in [0.29, 0.717) is 17.4 Å². The van der Waals surface area contributed by atoms with Crippen molar-refractivity contribution in [2.75, 3.05) is 13.2 Å². The zero-order valence-electron chi connectivity index (χ0n) is 18.9. The van der Waals surface area contributed by atoms with Crippen LogP contribution < -0.4 is 15.2 Å². The molecule has 210 valence electrons. The molecular formula is C19H18F5N2O8PS3. The van der Waals surface area contributed by atoms with Crippen LogP contribution in [0.15, 0.2) is 39.4 Å². The monoisotopic (exact) mass is 624 g/mol. The maximum absolute atomic E-state index is 14.6. The first-order valence-corrected chi connectivity index (χ1v) is 15.5. The van der Waals surface area contributed by atoms with Crippen LogP contribution in [0.25, 0.3) is 10.1 Å². The zero-order valence-corrected chi connectivity index (χ0v) is 22.2. The second-order valence-corrected chi connectivity index (χ2v) is 14.2. The number of sulfone groups is 1. The van der Waals surface area contributed by atoms with Crippen LogP contribution >= 0.6 is 18.9 Å². The lowest BCUT2D eigenvalue weighted by Crippen LogP contribution is -2.29. The second-order valence-electron chi connectivity index (χ2n) is 7.69. The average molecular weight is 625 g/mol. The molecule has 3 aromatic rings. The molecular weight excluding hydrogens is 606 g/mol. The second kappa shape index (κ2) is 10.4. The fraction of sp³-hybridized carbons (Fsp3) is 0.263. The number of hydrogen-bond donors (Lipinski definition) is 4. The summed E-state index contributed by atoms with van der Waals surface area (Å²) in [7, 11) is -16.6. The summed E-state index contributed by atoms with van der Waals surface area (Å²) >= 11 is 0.412. The van der Waals surface area contributed by atoms with Gasteiger partial charge in [0, 0.05) is 18.0 Å². The molecule has 10 nitrogen and oxygen atoms in total.